The minimum atomic E-state index is -1.39. The number of aromatic nitrogens is 3. The van der Waals surface area contributed by atoms with Crippen LogP contribution in [0.5, 0.6) is 0 Å². The molecule has 3 unspecified atom stereocenters. The van der Waals surface area contributed by atoms with Crippen LogP contribution < -0.4 is 15.1 Å². The Morgan fingerprint density at radius 2 is 2.03 bits per heavy atom. The third kappa shape index (κ3) is 4.28. The summed E-state index contributed by atoms with van der Waals surface area (Å²) >= 11 is 0. The second kappa shape index (κ2) is 8.44. The zero-order chi connectivity index (χ0) is 22.1. The molecule has 1 aromatic heterocycles. The molecule has 3 atom stereocenters. The first-order valence-electron chi connectivity index (χ1n) is 9.80. The van der Waals surface area contributed by atoms with Gasteiger partial charge in [0.15, 0.2) is 11.6 Å². The SMILES string of the molecule is CC(=O)NCC1CN(c2cc(F)c(N3CCC(n4ccnn4)C(F)C3)c(F)c2)C(=O)O1. The molecule has 2 fully saturated rings. The highest BCUT2D eigenvalue weighted by molar-refractivity contribution is 5.90. The summed E-state index contributed by atoms with van der Waals surface area (Å²) in [5.74, 6) is -2.09. The molecule has 0 saturated carbocycles. The number of hydrogen-bond donors (Lipinski definition) is 1. The van der Waals surface area contributed by atoms with Crippen molar-refractivity contribution in [3.8, 4) is 0 Å². The number of carbonyl (C=O) groups is 2. The highest BCUT2D eigenvalue weighted by Crippen LogP contribution is 2.34. The van der Waals surface area contributed by atoms with E-state index in [2.05, 4.69) is 15.6 Å². The van der Waals surface area contributed by atoms with Gasteiger partial charge >= 0.3 is 6.09 Å². The Morgan fingerprint density at radius 1 is 1.29 bits per heavy atom. The van der Waals surface area contributed by atoms with Gasteiger partial charge in [-0.2, -0.15) is 0 Å². The van der Waals surface area contributed by atoms with Crippen LogP contribution in [0, 0.1) is 11.6 Å². The average molecular weight is 438 g/mol. The molecule has 4 rings (SSSR count). The second-order valence-corrected chi connectivity index (χ2v) is 7.51. The van der Waals surface area contributed by atoms with Crippen molar-refractivity contribution in [3.63, 3.8) is 0 Å². The van der Waals surface area contributed by atoms with Gasteiger partial charge in [-0.15, -0.1) is 5.10 Å². The molecule has 2 amide bonds. The van der Waals surface area contributed by atoms with E-state index in [1.165, 1.54) is 22.7 Å². The molecule has 0 spiro atoms. The van der Waals surface area contributed by atoms with E-state index in [0.717, 1.165) is 17.0 Å². The lowest BCUT2D eigenvalue weighted by atomic mass is 10.0. The van der Waals surface area contributed by atoms with Crippen molar-refractivity contribution >= 4 is 23.4 Å². The third-order valence-corrected chi connectivity index (χ3v) is 5.37. The molecular formula is C19H21F3N6O3. The summed E-state index contributed by atoms with van der Waals surface area (Å²) in [6.07, 6.45) is 0.508. The third-order valence-electron chi connectivity index (χ3n) is 5.37. The van der Waals surface area contributed by atoms with Gasteiger partial charge in [-0.05, 0) is 6.42 Å². The number of amides is 2. The van der Waals surface area contributed by atoms with E-state index < -0.39 is 36.0 Å². The first-order chi connectivity index (χ1) is 14.8. The molecule has 31 heavy (non-hydrogen) atoms. The Hall–Kier alpha value is -3.31. The highest BCUT2D eigenvalue weighted by Gasteiger charge is 2.36. The first-order valence-corrected chi connectivity index (χ1v) is 9.80. The topological polar surface area (TPSA) is 92.6 Å². The summed E-state index contributed by atoms with van der Waals surface area (Å²) in [4.78, 5) is 25.5. The Bertz CT molecular complexity index is 950. The highest BCUT2D eigenvalue weighted by atomic mass is 19.1. The molecule has 0 aliphatic carbocycles. The number of benzene rings is 1. The molecule has 9 nitrogen and oxygen atoms in total. The summed E-state index contributed by atoms with van der Waals surface area (Å²) < 4.78 is 50.9. The summed E-state index contributed by atoms with van der Waals surface area (Å²) in [5, 5.41) is 10.00. The number of carbonyl (C=O) groups excluding carboxylic acids is 2. The first kappa shape index (κ1) is 20.9. The van der Waals surface area contributed by atoms with E-state index in [0.29, 0.717) is 6.42 Å². The standard InChI is InChI=1S/C19H21F3N6O3/c1-11(29)23-8-13-9-27(19(30)31-13)12-6-14(20)18(15(21)7-12)26-4-2-17(16(22)10-26)28-5-3-24-25-28/h3,5-7,13,16-17H,2,4,8-10H2,1H3,(H,23,29). The number of rotatable bonds is 5. The van der Waals surface area contributed by atoms with Crippen molar-refractivity contribution < 1.29 is 27.5 Å². The fourth-order valence-corrected chi connectivity index (χ4v) is 3.89. The number of halogens is 3. The van der Waals surface area contributed by atoms with Crippen molar-refractivity contribution in [3.05, 3.63) is 36.2 Å². The second-order valence-electron chi connectivity index (χ2n) is 7.51. The normalized spacial score (nSPS) is 23.7. The Morgan fingerprint density at radius 3 is 2.65 bits per heavy atom. The van der Waals surface area contributed by atoms with Crippen molar-refractivity contribution in [2.45, 2.75) is 31.7 Å². The fourth-order valence-electron chi connectivity index (χ4n) is 3.89. The molecule has 2 saturated heterocycles. The summed E-state index contributed by atoms with van der Waals surface area (Å²) in [6.45, 7) is 1.48. The predicted molar refractivity (Wildman–Crippen MR) is 103 cm³/mol. The van der Waals surface area contributed by atoms with Crippen LogP contribution in [0.3, 0.4) is 0 Å². The van der Waals surface area contributed by atoms with E-state index >= 15 is 0 Å². The van der Waals surface area contributed by atoms with E-state index in [1.54, 1.807) is 6.20 Å². The lowest BCUT2D eigenvalue weighted by molar-refractivity contribution is -0.119. The van der Waals surface area contributed by atoms with Crippen LogP contribution >= 0.6 is 0 Å². The molecule has 2 aliphatic heterocycles. The van der Waals surface area contributed by atoms with Crippen LogP contribution in [0.15, 0.2) is 24.5 Å². The molecule has 1 N–H and O–H groups in total. The minimum Gasteiger partial charge on any atom is -0.442 e. The van der Waals surface area contributed by atoms with Gasteiger partial charge < -0.3 is 15.0 Å². The van der Waals surface area contributed by atoms with Gasteiger partial charge in [0.1, 0.15) is 18.0 Å². The Kier molecular flexibility index (Phi) is 5.70. The lowest BCUT2D eigenvalue weighted by Gasteiger charge is -2.36. The van der Waals surface area contributed by atoms with Gasteiger partial charge in [-0.25, -0.2) is 22.6 Å². The minimum absolute atomic E-state index is 0.0108. The maximum absolute atomic E-state index is 14.9. The number of alkyl halides is 1. The predicted octanol–water partition coefficient (Wildman–Crippen LogP) is 1.81. The number of ether oxygens (including phenoxy) is 1. The molecule has 3 heterocycles. The largest absolute Gasteiger partial charge is 0.442 e. The maximum atomic E-state index is 14.9. The quantitative estimate of drug-likeness (QED) is 0.766. The number of anilines is 2. The van der Waals surface area contributed by atoms with Crippen molar-refractivity contribution in [1.82, 2.24) is 20.3 Å². The van der Waals surface area contributed by atoms with Crippen LogP contribution in [-0.4, -0.2) is 65.4 Å². The number of nitrogens with one attached hydrogen (secondary N) is 1. The summed E-state index contributed by atoms with van der Waals surface area (Å²) in [7, 11) is 0. The maximum Gasteiger partial charge on any atom is 0.414 e. The number of piperidine rings is 1. The molecule has 2 aromatic rings. The number of nitrogens with zero attached hydrogens (tertiary/aromatic N) is 5. The Balaban J connectivity index is 1.48. The van der Waals surface area contributed by atoms with Gasteiger partial charge in [0.05, 0.1) is 37.6 Å². The molecule has 1 aromatic carbocycles. The van der Waals surface area contributed by atoms with Gasteiger partial charge in [0.2, 0.25) is 5.91 Å². The average Bonchev–Trinajstić information content (AvgIpc) is 3.36. The van der Waals surface area contributed by atoms with Crippen molar-refractivity contribution in [2.24, 2.45) is 0 Å². The van der Waals surface area contributed by atoms with Crippen LogP contribution in [0.4, 0.5) is 29.3 Å². The lowest BCUT2D eigenvalue weighted by Crippen LogP contribution is -2.43. The molecule has 0 radical (unpaired) electrons. The monoisotopic (exact) mass is 438 g/mol. The summed E-state index contributed by atoms with van der Waals surface area (Å²) in [6, 6.07) is 1.50. The van der Waals surface area contributed by atoms with E-state index in [9.17, 15) is 22.8 Å². The van der Waals surface area contributed by atoms with Crippen molar-refractivity contribution in [1.29, 1.82) is 0 Å². The fraction of sp³-hybridized carbons (Fsp3) is 0.474. The molecular weight excluding hydrogens is 417 g/mol. The molecule has 166 valence electrons. The van der Waals surface area contributed by atoms with E-state index in [-0.39, 0.29) is 43.5 Å². The molecule has 2 aliphatic rings. The zero-order valence-electron chi connectivity index (χ0n) is 16.7. The van der Waals surface area contributed by atoms with Crippen molar-refractivity contribution in [2.75, 3.05) is 36.0 Å². The van der Waals surface area contributed by atoms with E-state index in [1.807, 2.05) is 0 Å². The van der Waals surface area contributed by atoms with Gasteiger partial charge in [0, 0.05) is 31.8 Å². The molecule has 12 heteroatoms. The molecule has 0 bridgehead atoms. The van der Waals surface area contributed by atoms with Gasteiger partial charge in [-0.3, -0.25) is 9.69 Å². The zero-order valence-corrected chi connectivity index (χ0v) is 16.7. The van der Waals surface area contributed by atoms with Crippen LogP contribution in [-0.2, 0) is 9.53 Å². The van der Waals surface area contributed by atoms with Crippen LogP contribution in [0.1, 0.15) is 19.4 Å². The summed E-state index contributed by atoms with van der Waals surface area (Å²) in [5.41, 5.74) is -0.353. The number of hydrogen-bond acceptors (Lipinski definition) is 6. The van der Waals surface area contributed by atoms with E-state index in [4.69, 9.17) is 4.74 Å². The smallest absolute Gasteiger partial charge is 0.414 e. The number of cyclic esters (lactones) is 1. The Labute approximate surface area is 175 Å². The van der Waals surface area contributed by atoms with Gasteiger partial charge in [-0.1, -0.05) is 5.21 Å². The van der Waals surface area contributed by atoms with Crippen LogP contribution in [0.25, 0.3) is 0 Å². The van der Waals surface area contributed by atoms with Gasteiger partial charge in [0.25, 0.3) is 0 Å². The van der Waals surface area contributed by atoms with Crippen LogP contribution in [0.2, 0.25) is 0 Å².